The molecule has 0 saturated heterocycles. The van der Waals surface area contributed by atoms with E-state index in [0.717, 1.165) is 15.7 Å². The molecule has 1 aliphatic heterocycles. The summed E-state index contributed by atoms with van der Waals surface area (Å²) in [7, 11) is 1.31. The van der Waals surface area contributed by atoms with Crippen LogP contribution in [0.4, 0.5) is 0 Å². The Bertz CT molecular complexity index is 1980. The van der Waals surface area contributed by atoms with Crippen LogP contribution in [-0.4, -0.2) is 71.0 Å². The zero-order valence-corrected chi connectivity index (χ0v) is 29.2. The molecule has 4 aromatic rings. The minimum atomic E-state index is -1.78. The molecular weight excluding hydrogens is 650 g/mol. The van der Waals surface area contributed by atoms with Gasteiger partial charge >= 0.3 is 11.9 Å². The highest BCUT2D eigenvalue weighted by atomic mass is 16.7. The average Bonchev–Trinajstić information content (AvgIpc) is 3.57. The molecule has 1 aliphatic rings. The number of amides is 2. The Hall–Kier alpha value is -5.84. The Labute approximate surface area is 296 Å². The van der Waals surface area contributed by atoms with E-state index >= 15 is 0 Å². The third kappa shape index (κ3) is 7.67. The molecule has 4 aromatic carbocycles. The molecule has 11 heteroatoms. The summed E-state index contributed by atoms with van der Waals surface area (Å²) in [6.07, 6.45) is -0.829. The first-order valence-electron chi connectivity index (χ1n) is 16.7. The molecule has 2 N–H and O–H groups in total. The second-order valence-corrected chi connectivity index (χ2v) is 13.1. The highest BCUT2D eigenvalue weighted by Crippen LogP contribution is 2.39. The Balaban J connectivity index is 1.40. The van der Waals surface area contributed by atoms with E-state index in [4.69, 9.17) is 9.57 Å². The molecule has 264 valence electrons. The van der Waals surface area contributed by atoms with Crippen LogP contribution in [0.2, 0.25) is 0 Å². The molecule has 0 spiro atoms. The summed E-state index contributed by atoms with van der Waals surface area (Å²) >= 11 is 0. The van der Waals surface area contributed by atoms with Crippen molar-refractivity contribution in [1.29, 1.82) is 0 Å². The number of hydrogen-bond acceptors (Lipinski definition) is 8. The van der Waals surface area contributed by atoms with E-state index in [9.17, 15) is 29.1 Å². The molecular formula is C40H41N3O8. The normalized spacial score (nSPS) is 16.5. The summed E-state index contributed by atoms with van der Waals surface area (Å²) in [5.41, 5.74) is 1.15. The van der Waals surface area contributed by atoms with Gasteiger partial charge in [-0.05, 0) is 47.7 Å². The lowest BCUT2D eigenvalue weighted by Gasteiger charge is -2.34. The number of ether oxygens (including phenoxy) is 1. The number of carboxylic acid groups (broad SMARTS) is 1. The number of likely N-dealkylation sites (N-methyl/N-ethyl adjacent to an activating group) is 1. The summed E-state index contributed by atoms with van der Waals surface area (Å²) in [6, 6.07) is 24.8. The van der Waals surface area contributed by atoms with Crippen molar-refractivity contribution in [3.63, 3.8) is 0 Å². The SMILES string of the molecule is Cc1cccc(C)c1C(=O)OCC(=O)[C@H](CC(=O)O)N(C)C(=O)C1(c2ccccc2)CC([C@@H](NC(=O)c2cccc3ccccc23)C(C)C)=NO1. The van der Waals surface area contributed by atoms with Crippen LogP contribution >= 0.6 is 0 Å². The Kier molecular flexibility index (Phi) is 11.0. The zero-order valence-electron chi connectivity index (χ0n) is 29.2. The maximum Gasteiger partial charge on any atom is 0.339 e. The van der Waals surface area contributed by atoms with E-state index in [1.54, 1.807) is 68.4 Å². The average molecular weight is 692 g/mol. The number of oxime groups is 1. The first-order chi connectivity index (χ1) is 24.3. The van der Waals surface area contributed by atoms with Crippen molar-refractivity contribution in [2.45, 2.75) is 58.2 Å². The smallest absolute Gasteiger partial charge is 0.339 e. The van der Waals surface area contributed by atoms with Crippen molar-refractivity contribution >= 4 is 46.0 Å². The lowest BCUT2D eigenvalue weighted by molar-refractivity contribution is -0.161. The first-order valence-corrected chi connectivity index (χ1v) is 16.7. The van der Waals surface area contributed by atoms with Gasteiger partial charge in [0.2, 0.25) is 5.60 Å². The molecule has 3 atom stereocenters. The van der Waals surface area contributed by atoms with Gasteiger partial charge in [-0.1, -0.05) is 104 Å². The molecule has 0 radical (unpaired) electrons. The van der Waals surface area contributed by atoms with E-state index in [0.29, 0.717) is 33.5 Å². The number of nitrogens with one attached hydrogen (secondary N) is 1. The van der Waals surface area contributed by atoms with Crippen LogP contribution in [0.5, 0.6) is 0 Å². The number of carbonyl (C=O) groups is 5. The number of carboxylic acids is 1. The van der Waals surface area contributed by atoms with Crippen molar-refractivity contribution in [2.75, 3.05) is 13.7 Å². The second-order valence-electron chi connectivity index (χ2n) is 13.1. The van der Waals surface area contributed by atoms with Gasteiger partial charge in [-0.15, -0.1) is 0 Å². The number of nitrogens with zero attached hydrogens (tertiary/aromatic N) is 2. The lowest BCUT2D eigenvalue weighted by Crippen LogP contribution is -2.54. The minimum absolute atomic E-state index is 0.0889. The number of ketones is 1. The van der Waals surface area contributed by atoms with Crippen LogP contribution in [0, 0.1) is 19.8 Å². The van der Waals surface area contributed by atoms with E-state index in [2.05, 4.69) is 10.5 Å². The van der Waals surface area contributed by atoms with Crippen molar-refractivity contribution in [2.24, 2.45) is 11.1 Å². The van der Waals surface area contributed by atoms with Gasteiger partial charge in [0.05, 0.1) is 23.7 Å². The van der Waals surface area contributed by atoms with Crippen LogP contribution in [0.1, 0.15) is 64.1 Å². The lowest BCUT2D eigenvalue weighted by atomic mass is 9.83. The quantitative estimate of drug-likeness (QED) is 0.172. The molecule has 0 aromatic heterocycles. The zero-order chi connectivity index (χ0) is 36.9. The summed E-state index contributed by atoms with van der Waals surface area (Å²) in [5.74, 6) is -4.06. The molecule has 0 bridgehead atoms. The summed E-state index contributed by atoms with van der Waals surface area (Å²) < 4.78 is 5.34. The molecule has 1 heterocycles. The largest absolute Gasteiger partial charge is 0.481 e. The number of benzene rings is 4. The highest BCUT2D eigenvalue weighted by molar-refractivity contribution is 6.09. The van der Waals surface area contributed by atoms with Gasteiger partial charge in [-0.25, -0.2) is 4.79 Å². The van der Waals surface area contributed by atoms with E-state index < -0.39 is 54.3 Å². The van der Waals surface area contributed by atoms with Gasteiger partial charge in [-0.3, -0.25) is 19.2 Å². The number of hydrogen-bond donors (Lipinski definition) is 2. The van der Waals surface area contributed by atoms with Gasteiger partial charge in [0.25, 0.3) is 11.8 Å². The van der Waals surface area contributed by atoms with Crippen LogP contribution < -0.4 is 5.32 Å². The van der Waals surface area contributed by atoms with Gasteiger partial charge in [0.15, 0.2) is 12.4 Å². The van der Waals surface area contributed by atoms with Gasteiger partial charge < -0.3 is 24.9 Å². The number of esters is 1. The standard InChI is InChI=1S/C40H41N3O8/c1-24(2)36(41-37(47)30-20-12-16-27-15-9-10-19-29(27)30)31-22-40(51-42-31,28-17-7-6-8-18-28)39(49)43(5)32(21-34(45)46)33(44)23-50-38(48)35-25(3)13-11-14-26(35)4/h6-20,24,32,36H,21-23H2,1-5H3,(H,41,47)(H,45,46)/t32-,36-,40?/m0/s1. The Morgan fingerprint density at radius 3 is 2.20 bits per heavy atom. The summed E-state index contributed by atoms with van der Waals surface area (Å²) in [4.78, 5) is 73.8. The second kappa shape index (κ2) is 15.4. The maximum atomic E-state index is 14.6. The topological polar surface area (TPSA) is 152 Å². The maximum absolute atomic E-state index is 14.6. The van der Waals surface area contributed by atoms with Crippen LogP contribution in [0.15, 0.2) is 96.2 Å². The van der Waals surface area contributed by atoms with Gasteiger partial charge in [0, 0.05) is 24.6 Å². The predicted octanol–water partition coefficient (Wildman–Crippen LogP) is 5.61. The molecule has 0 fully saturated rings. The number of fused-ring (bicyclic) bond motifs is 1. The number of carbonyl (C=O) groups excluding carboxylic acids is 4. The van der Waals surface area contributed by atoms with Crippen molar-refractivity contribution in [1.82, 2.24) is 10.2 Å². The Morgan fingerprint density at radius 2 is 1.53 bits per heavy atom. The molecule has 1 unspecified atom stereocenters. The number of aliphatic carboxylic acids is 1. The third-order valence-electron chi connectivity index (χ3n) is 9.24. The van der Waals surface area contributed by atoms with Crippen molar-refractivity contribution in [3.8, 4) is 0 Å². The number of aryl methyl sites for hydroxylation is 2. The van der Waals surface area contributed by atoms with Crippen LogP contribution in [0.3, 0.4) is 0 Å². The monoisotopic (exact) mass is 691 g/mol. The molecule has 51 heavy (non-hydrogen) atoms. The highest BCUT2D eigenvalue weighted by Gasteiger charge is 2.53. The van der Waals surface area contributed by atoms with E-state index in [1.165, 1.54) is 7.05 Å². The minimum Gasteiger partial charge on any atom is -0.481 e. The molecule has 11 nitrogen and oxygen atoms in total. The molecule has 5 rings (SSSR count). The van der Waals surface area contributed by atoms with Gasteiger partial charge in [-0.2, -0.15) is 0 Å². The number of rotatable bonds is 13. The summed E-state index contributed by atoms with van der Waals surface area (Å²) in [6.45, 7) is 6.55. The fourth-order valence-electron chi connectivity index (χ4n) is 6.50. The van der Waals surface area contributed by atoms with Gasteiger partial charge in [0.1, 0.15) is 6.04 Å². The summed E-state index contributed by atoms with van der Waals surface area (Å²) in [5, 5.41) is 18.9. The van der Waals surface area contributed by atoms with E-state index in [-0.39, 0.29) is 18.2 Å². The third-order valence-corrected chi connectivity index (χ3v) is 9.24. The van der Waals surface area contributed by atoms with Crippen molar-refractivity contribution < 1.29 is 38.7 Å². The molecule has 0 aliphatic carbocycles. The Morgan fingerprint density at radius 1 is 0.902 bits per heavy atom. The fraction of sp³-hybridized carbons (Fsp3) is 0.300. The molecule has 2 amide bonds. The van der Waals surface area contributed by atoms with Crippen LogP contribution in [0.25, 0.3) is 10.8 Å². The van der Waals surface area contributed by atoms with Crippen LogP contribution in [-0.2, 0) is 29.6 Å². The molecule has 0 saturated carbocycles. The predicted molar refractivity (Wildman–Crippen MR) is 191 cm³/mol. The number of Topliss-reactive ketones (excluding diaryl/α,β-unsaturated/α-hetero) is 1. The van der Waals surface area contributed by atoms with E-state index in [1.807, 2.05) is 50.2 Å². The first kappa shape index (κ1) is 36.4. The fourth-order valence-corrected chi connectivity index (χ4v) is 6.50. The van der Waals surface area contributed by atoms with Crippen molar-refractivity contribution in [3.05, 3.63) is 119 Å².